The quantitative estimate of drug-likeness (QED) is 0.114. The highest BCUT2D eigenvalue weighted by atomic mass is 16.5. The van der Waals surface area contributed by atoms with Gasteiger partial charge in [-0.3, -0.25) is 9.59 Å². The minimum Gasteiger partial charge on any atom is -0.458 e. The number of aliphatic hydroxyl groups is 1. The van der Waals surface area contributed by atoms with Gasteiger partial charge in [0.1, 0.15) is 12.3 Å². The number of carbonyl (C=O) groups is 3. The van der Waals surface area contributed by atoms with Crippen molar-refractivity contribution < 1.29 is 24.2 Å². The van der Waals surface area contributed by atoms with Gasteiger partial charge in [0, 0.05) is 62.5 Å². The number of nitrogens with one attached hydrogen (secondary N) is 2. The summed E-state index contributed by atoms with van der Waals surface area (Å²) in [5, 5.41) is 24.9. The second-order valence-corrected chi connectivity index (χ2v) is 13.4. The van der Waals surface area contributed by atoms with Gasteiger partial charge in [0.2, 0.25) is 11.8 Å². The molecule has 0 aromatic carbocycles. The molecule has 8 atom stereocenters. The number of carbonyl (C=O) groups excluding carboxylic acids is 3. The molecular weight excluding hydrogens is 594 g/mol. The number of nitrogens with two attached hydrogens (primary N) is 1. The Morgan fingerprint density at radius 3 is 2.55 bits per heavy atom. The van der Waals surface area contributed by atoms with E-state index in [9.17, 15) is 19.5 Å². The van der Waals surface area contributed by atoms with Crippen molar-refractivity contribution in [3.8, 4) is 12.3 Å². The molecule has 254 valence electrons. The second-order valence-electron chi connectivity index (χ2n) is 13.4. The van der Waals surface area contributed by atoms with Gasteiger partial charge in [-0.05, 0) is 25.7 Å². The molecule has 5 N–H and O–H groups in total. The van der Waals surface area contributed by atoms with Crippen LogP contribution in [0.3, 0.4) is 0 Å². The van der Waals surface area contributed by atoms with Crippen molar-refractivity contribution in [3.63, 3.8) is 0 Å². The SMILES string of the molecule is C#CCCC1(CCC(=O)N[C@@H]2C=C[C@@H]3/C=C(C)/C=C/[C@@H](C)[C@H]([C@H](C)[C@H](O)[C@@H](N)NC(C)=O)OC(=O)/C=C/C=C(C)\C=C\[C@]3(C)C2)N=N1. The van der Waals surface area contributed by atoms with Gasteiger partial charge >= 0.3 is 5.97 Å². The summed E-state index contributed by atoms with van der Waals surface area (Å²) in [4.78, 5) is 37.3. The first-order chi connectivity index (χ1) is 22.2. The normalized spacial score (nSPS) is 33.1. The maximum absolute atomic E-state index is 12.9. The maximum Gasteiger partial charge on any atom is 0.331 e. The van der Waals surface area contributed by atoms with Crippen molar-refractivity contribution in [2.24, 2.45) is 39.1 Å². The molecule has 3 rings (SSSR count). The minimum atomic E-state index is -1.15. The van der Waals surface area contributed by atoms with E-state index in [0.29, 0.717) is 32.1 Å². The molecular formula is C37H51N5O5. The Kier molecular flexibility index (Phi) is 13.3. The molecule has 0 aromatic heterocycles. The Balaban J connectivity index is 1.84. The first-order valence-corrected chi connectivity index (χ1v) is 16.3. The molecule has 0 spiro atoms. The molecule has 0 saturated carbocycles. The molecule has 10 nitrogen and oxygen atoms in total. The third-order valence-electron chi connectivity index (χ3n) is 9.11. The molecule has 0 fully saturated rings. The number of allylic oxidation sites excluding steroid dienone is 9. The highest BCUT2D eigenvalue weighted by molar-refractivity contribution is 5.82. The van der Waals surface area contributed by atoms with Gasteiger partial charge < -0.3 is 26.2 Å². The number of terminal acetylenes is 1. The van der Waals surface area contributed by atoms with E-state index in [1.165, 1.54) is 13.0 Å². The van der Waals surface area contributed by atoms with Gasteiger partial charge in [-0.25, -0.2) is 4.79 Å². The zero-order valence-electron chi connectivity index (χ0n) is 28.5. The number of ether oxygens (including phenoxy) is 1. The zero-order valence-corrected chi connectivity index (χ0v) is 28.5. The summed E-state index contributed by atoms with van der Waals surface area (Å²) in [6, 6.07) is -0.144. The Morgan fingerprint density at radius 2 is 1.89 bits per heavy atom. The average molecular weight is 646 g/mol. The van der Waals surface area contributed by atoms with Crippen molar-refractivity contribution in [3.05, 3.63) is 71.9 Å². The van der Waals surface area contributed by atoms with Crippen LogP contribution in [0.4, 0.5) is 0 Å². The highest BCUT2D eigenvalue weighted by Gasteiger charge is 2.40. The van der Waals surface area contributed by atoms with E-state index in [4.69, 9.17) is 16.9 Å². The van der Waals surface area contributed by atoms with Crippen LogP contribution in [0.2, 0.25) is 0 Å². The predicted molar refractivity (Wildman–Crippen MR) is 183 cm³/mol. The lowest BCUT2D eigenvalue weighted by atomic mass is 9.68. The summed E-state index contributed by atoms with van der Waals surface area (Å²) in [5.74, 6) is 0.828. The largest absolute Gasteiger partial charge is 0.458 e. The van der Waals surface area contributed by atoms with E-state index in [0.717, 1.165) is 11.1 Å². The lowest BCUT2D eigenvalue weighted by Gasteiger charge is -2.39. The fraction of sp³-hybridized carbons (Fsp3) is 0.541. The number of hydrogen-bond acceptors (Lipinski definition) is 8. The number of amides is 2. The number of fused-ring (bicyclic) bond motifs is 1. The van der Waals surface area contributed by atoms with Crippen LogP contribution in [0.1, 0.15) is 73.6 Å². The lowest BCUT2D eigenvalue weighted by molar-refractivity contribution is -0.151. The molecule has 0 radical (unpaired) electrons. The monoisotopic (exact) mass is 645 g/mol. The fourth-order valence-corrected chi connectivity index (χ4v) is 6.05. The number of rotatable bonds is 10. The van der Waals surface area contributed by atoms with E-state index in [-0.39, 0.29) is 35.1 Å². The Labute approximate surface area is 279 Å². The van der Waals surface area contributed by atoms with E-state index in [2.05, 4.69) is 58.0 Å². The maximum atomic E-state index is 12.9. The van der Waals surface area contributed by atoms with Gasteiger partial charge in [0.05, 0.1) is 6.10 Å². The van der Waals surface area contributed by atoms with E-state index in [1.807, 2.05) is 45.1 Å². The van der Waals surface area contributed by atoms with Crippen LogP contribution in [0.5, 0.6) is 0 Å². The molecule has 2 heterocycles. The molecule has 1 aliphatic carbocycles. The molecule has 3 aliphatic rings. The highest BCUT2D eigenvalue weighted by Crippen LogP contribution is 2.41. The van der Waals surface area contributed by atoms with Crippen LogP contribution < -0.4 is 16.4 Å². The minimum absolute atomic E-state index is 0.0417. The van der Waals surface area contributed by atoms with Crippen LogP contribution in [0, 0.1) is 35.5 Å². The number of hydrogen-bond donors (Lipinski definition) is 4. The average Bonchev–Trinajstić information content (AvgIpc) is 3.79. The number of aliphatic hydroxyl groups excluding tert-OH is 1. The van der Waals surface area contributed by atoms with E-state index < -0.39 is 35.9 Å². The summed E-state index contributed by atoms with van der Waals surface area (Å²) < 4.78 is 5.84. The van der Waals surface area contributed by atoms with Crippen LogP contribution in [-0.2, 0) is 19.1 Å². The molecule has 2 amide bonds. The number of cyclic esters (lactones) is 1. The van der Waals surface area contributed by atoms with Crippen molar-refractivity contribution in [2.45, 2.75) is 104 Å². The Morgan fingerprint density at radius 1 is 1.17 bits per heavy atom. The third kappa shape index (κ3) is 11.3. The molecule has 0 saturated heterocycles. The van der Waals surface area contributed by atoms with Gasteiger partial charge in [0.25, 0.3) is 0 Å². The topological polar surface area (TPSA) is 155 Å². The molecule has 47 heavy (non-hydrogen) atoms. The van der Waals surface area contributed by atoms with E-state index in [1.54, 1.807) is 13.0 Å². The van der Waals surface area contributed by atoms with E-state index >= 15 is 0 Å². The van der Waals surface area contributed by atoms with Crippen molar-refractivity contribution in [1.29, 1.82) is 0 Å². The smallest absolute Gasteiger partial charge is 0.331 e. The van der Waals surface area contributed by atoms with Crippen LogP contribution >= 0.6 is 0 Å². The molecule has 0 unspecified atom stereocenters. The van der Waals surface area contributed by atoms with Crippen LogP contribution in [-0.4, -0.2) is 53.0 Å². The summed E-state index contributed by atoms with van der Waals surface area (Å²) in [6.45, 7) is 11.1. The van der Waals surface area contributed by atoms with Crippen LogP contribution in [0.15, 0.2) is 82.1 Å². The molecule has 2 aliphatic heterocycles. The summed E-state index contributed by atoms with van der Waals surface area (Å²) in [7, 11) is 0. The van der Waals surface area contributed by atoms with Crippen LogP contribution in [0.25, 0.3) is 0 Å². The first kappa shape index (κ1) is 37.4. The standard InChI is InChI=1S/C37H51N5O5/c1-8-9-19-37(41-42-37)21-18-31(44)40-30-16-15-29-22-25(3)13-14-26(4)34(27(5)33(46)35(38)39-28(6)43)47-32(45)12-10-11-24(2)17-20-36(29,7)23-30/h1,10-17,20,22,26-27,29-30,33-35,46H,9,18-19,21,23,38H2,2-7H3,(H,39,43)(H,40,44)/b12-10+,14-13+,20-17+,24-11-,25-22+/t26-,27-,29-,30-,33+,34-,35+,36-/m1/s1. The fourth-order valence-electron chi connectivity index (χ4n) is 6.05. The summed E-state index contributed by atoms with van der Waals surface area (Å²) in [5.41, 5.74) is 7.15. The third-order valence-corrected chi connectivity index (χ3v) is 9.11. The van der Waals surface area contributed by atoms with Gasteiger partial charge in [-0.2, -0.15) is 10.2 Å². The first-order valence-electron chi connectivity index (χ1n) is 16.3. The predicted octanol–water partition coefficient (Wildman–Crippen LogP) is 4.95. The Bertz CT molecular complexity index is 1410. The lowest BCUT2D eigenvalue weighted by Crippen LogP contribution is -2.54. The van der Waals surface area contributed by atoms with Crippen molar-refractivity contribution >= 4 is 17.8 Å². The second kappa shape index (κ2) is 16.7. The summed E-state index contributed by atoms with van der Waals surface area (Å²) in [6.07, 6.45) is 24.7. The Hall–Kier alpha value is -4.07. The molecule has 10 heteroatoms. The van der Waals surface area contributed by atoms with Gasteiger partial charge in [0.15, 0.2) is 5.66 Å². The number of nitrogens with zero attached hydrogens (tertiary/aromatic N) is 2. The zero-order chi connectivity index (χ0) is 34.8. The van der Waals surface area contributed by atoms with Crippen molar-refractivity contribution in [1.82, 2.24) is 10.6 Å². The molecule has 0 aromatic rings. The molecule has 0 bridgehead atoms. The van der Waals surface area contributed by atoms with Gasteiger partial charge in [-0.1, -0.05) is 86.6 Å². The number of esters is 1. The van der Waals surface area contributed by atoms with Gasteiger partial charge in [-0.15, -0.1) is 12.3 Å². The summed E-state index contributed by atoms with van der Waals surface area (Å²) >= 11 is 0. The van der Waals surface area contributed by atoms with Crippen molar-refractivity contribution in [2.75, 3.05) is 0 Å².